The molecule has 0 saturated carbocycles. The highest BCUT2D eigenvalue weighted by Gasteiger charge is 2.33. The molecule has 2 rings (SSSR count). The third kappa shape index (κ3) is 4.69. The number of carbonyl (C=O) groups is 1. The Labute approximate surface area is 138 Å². The van der Waals surface area contributed by atoms with Gasteiger partial charge in [-0.2, -0.15) is 0 Å². The number of carbonyl (C=O) groups excluding carboxylic acids is 1. The van der Waals surface area contributed by atoms with Crippen LogP contribution in [0.5, 0.6) is 0 Å². The molecular formula is C15H27ClN4O2. The van der Waals surface area contributed by atoms with E-state index in [1.165, 1.54) is 0 Å². The number of hydrogen-bond acceptors (Lipinski definition) is 5. The smallest absolute Gasteiger partial charge is 0.242 e. The van der Waals surface area contributed by atoms with Gasteiger partial charge in [0.1, 0.15) is 0 Å². The Hall–Kier alpha value is -1.11. The number of hydrogen-bond donors (Lipinski definition) is 1. The van der Waals surface area contributed by atoms with Gasteiger partial charge in [-0.15, -0.1) is 12.4 Å². The van der Waals surface area contributed by atoms with Gasteiger partial charge in [0.05, 0.1) is 17.8 Å². The molecule has 126 valence electrons. The molecule has 0 radical (unpaired) electrons. The summed E-state index contributed by atoms with van der Waals surface area (Å²) in [5.41, 5.74) is 6.30. The Morgan fingerprint density at radius 1 is 1.41 bits per heavy atom. The number of rotatable bonds is 5. The van der Waals surface area contributed by atoms with E-state index in [1.807, 2.05) is 24.8 Å². The van der Waals surface area contributed by atoms with Crippen LogP contribution in [0.2, 0.25) is 0 Å². The predicted molar refractivity (Wildman–Crippen MR) is 87.8 cm³/mol. The molecule has 1 aliphatic rings. The van der Waals surface area contributed by atoms with Gasteiger partial charge in [0.2, 0.25) is 5.91 Å². The van der Waals surface area contributed by atoms with E-state index in [-0.39, 0.29) is 18.3 Å². The van der Waals surface area contributed by atoms with Crippen molar-refractivity contribution in [3.63, 3.8) is 0 Å². The molecule has 7 heteroatoms. The van der Waals surface area contributed by atoms with Crippen LogP contribution in [0.25, 0.3) is 0 Å². The van der Waals surface area contributed by atoms with Gasteiger partial charge in [0, 0.05) is 32.2 Å². The number of nitrogens with zero attached hydrogens (tertiary/aromatic N) is 3. The maximum atomic E-state index is 12.4. The fourth-order valence-electron chi connectivity index (χ4n) is 2.81. The summed E-state index contributed by atoms with van der Waals surface area (Å²) in [7, 11) is 0. The number of piperazine rings is 1. The Balaban J connectivity index is 0.00000242. The van der Waals surface area contributed by atoms with Crippen molar-refractivity contribution >= 4 is 18.3 Å². The van der Waals surface area contributed by atoms with Gasteiger partial charge < -0.3 is 15.2 Å². The van der Waals surface area contributed by atoms with E-state index in [2.05, 4.69) is 17.0 Å². The Kier molecular flexibility index (Phi) is 6.84. The van der Waals surface area contributed by atoms with Gasteiger partial charge in [-0.05, 0) is 20.3 Å². The maximum Gasteiger partial charge on any atom is 0.242 e. The van der Waals surface area contributed by atoms with Gasteiger partial charge >= 0.3 is 0 Å². The lowest BCUT2D eigenvalue weighted by molar-refractivity contribution is -0.138. The van der Waals surface area contributed by atoms with E-state index >= 15 is 0 Å². The quantitative estimate of drug-likeness (QED) is 0.886. The molecule has 1 saturated heterocycles. The first-order chi connectivity index (χ1) is 9.92. The lowest BCUT2D eigenvalue weighted by Crippen LogP contribution is -2.58. The van der Waals surface area contributed by atoms with Crippen molar-refractivity contribution in [3.8, 4) is 0 Å². The second-order valence-corrected chi connectivity index (χ2v) is 6.17. The second-order valence-electron chi connectivity index (χ2n) is 6.17. The summed E-state index contributed by atoms with van der Waals surface area (Å²) in [6.45, 7) is 9.68. The van der Waals surface area contributed by atoms with Crippen LogP contribution in [0, 0.1) is 6.92 Å². The first kappa shape index (κ1) is 18.9. The zero-order chi connectivity index (χ0) is 15.5. The molecular weight excluding hydrogens is 304 g/mol. The van der Waals surface area contributed by atoms with Crippen molar-refractivity contribution in [2.24, 2.45) is 5.73 Å². The van der Waals surface area contributed by atoms with Crippen molar-refractivity contribution in [3.05, 3.63) is 17.5 Å². The van der Waals surface area contributed by atoms with Crippen molar-refractivity contribution < 1.29 is 9.32 Å². The van der Waals surface area contributed by atoms with Crippen LogP contribution < -0.4 is 5.73 Å². The monoisotopic (exact) mass is 330 g/mol. The van der Waals surface area contributed by atoms with Crippen molar-refractivity contribution in [2.45, 2.75) is 45.7 Å². The minimum absolute atomic E-state index is 0. The molecule has 6 nitrogen and oxygen atoms in total. The Bertz CT molecular complexity index is 482. The summed E-state index contributed by atoms with van der Waals surface area (Å²) in [4.78, 5) is 16.6. The largest absolute Gasteiger partial charge is 0.360 e. The SMILES string of the molecule is CCCC(C)(N)C(=O)N1CCN(Cc2cc(C)no2)CC1.Cl. The molecule has 1 aromatic rings. The molecule has 1 unspecified atom stereocenters. The van der Waals surface area contributed by atoms with E-state index in [4.69, 9.17) is 10.3 Å². The molecule has 1 aromatic heterocycles. The van der Waals surface area contributed by atoms with E-state index < -0.39 is 5.54 Å². The number of aryl methyl sites for hydroxylation is 1. The lowest BCUT2D eigenvalue weighted by atomic mass is 9.95. The Morgan fingerprint density at radius 2 is 2.05 bits per heavy atom. The first-order valence-corrected chi connectivity index (χ1v) is 7.65. The third-order valence-electron chi connectivity index (χ3n) is 3.97. The van der Waals surface area contributed by atoms with Crippen LogP contribution in [-0.4, -0.2) is 52.6 Å². The molecule has 1 fully saturated rings. The normalized spacial score (nSPS) is 18.6. The summed E-state index contributed by atoms with van der Waals surface area (Å²) < 4.78 is 5.24. The Morgan fingerprint density at radius 3 is 2.55 bits per heavy atom. The van der Waals surface area contributed by atoms with Crippen molar-refractivity contribution in [1.29, 1.82) is 0 Å². The van der Waals surface area contributed by atoms with Crippen LogP contribution in [-0.2, 0) is 11.3 Å². The number of nitrogens with two attached hydrogens (primary N) is 1. The highest BCUT2D eigenvalue weighted by atomic mass is 35.5. The molecule has 2 N–H and O–H groups in total. The molecule has 2 heterocycles. The highest BCUT2D eigenvalue weighted by molar-refractivity contribution is 5.86. The van der Waals surface area contributed by atoms with Crippen molar-refractivity contribution in [1.82, 2.24) is 15.0 Å². The second kappa shape index (κ2) is 7.94. The number of aromatic nitrogens is 1. The molecule has 0 bridgehead atoms. The summed E-state index contributed by atoms with van der Waals surface area (Å²) in [5.74, 6) is 0.946. The summed E-state index contributed by atoms with van der Waals surface area (Å²) in [6.07, 6.45) is 1.65. The molecule has 1 atom stereocenters. The molecule has 0 aromatic carbocycles. The van der Waals surface area contributed by atoms with Gasteiger partial charge in [0.25, 0.3) is 0 Å². The third-order valence-corrected chi connectivity index (χ3v) is 3.97. The zero-order valence-corrected chi connectivity index (χ0v) is 14.5. The van der Waals surface area contributed by atoms with Crippen LogP contribution in [0.1, 0.15) is 38.1 Å². The van der Waals surface area contributed by atoms with Gasteiger partial charge in [0.15, 0.2) is 5.76 Å². The van der Waals surface area contributed by atoms with Crippen LogP contribution in [0.3, 0.4) is 0 Å². The van der Waals surface area contributed by atoms with E-state index in [9.17, 15) is 4.79 Å². The maximum absolute atomic E-state index is 12.4. The minimum atomic E-state index is -0.737. The molecule has 22 heavy (non-hydrogen) atoms. The first-order valence-electron chi connectivity index (χ1n) is 7.65. The van der Waals surface area contributed by atoms with E-state index in [0.29, 0.717) is 0 Å². The topological polar surface area (TPSA) is 75.6 Å². The standard InChI is InChI=1S/C15H26N4O2.ClH/c1-4-5-15(3,16)14(20)19-8-6-18(7-9-19)11-13-10-12(2)17-21-13;/h10H,4-9,11,16H2,1-3H3;1H. The molecule has 0 spiro atoms. The van der Waals surface area contributed by atoms with Gasteiger partial charge in [-0.25, -0.2) is 0 Å². The highest BCUT2D eigenvalue weighted by Crippen LogP contribution is 2.16. The summed E-state index contributed by atoms with van der Waals surface area (Å²) in [5, 5.41) is 3.90. The fraction of sp³-hybridized carbons (Fsp3) is 0.733. The molecule has 1 aliphatic heterocycles. The number of amides is 1. The van der Waals surface area contributed by atoms with Gasteiger partial charge in [-0.1, -0.05) is 18.5 Å². The van der Waals surface area contributed by atoms with E-state index in [0.717, 1.165) is 57.0 Å². The summed E-state index contributed by atoms with van der Waals surface area (Å²) >= 11 is 0. The van der Waals surface area contributed by atoms with Crippen LogP contribution in [0.15, 0.2) is 10.6 Å². The summed E-state index contributed by atoms with van der Waals surface area (Å²) in [6, 6.07) is 1.95. The zero-order valence-electron chi connectivity index (χ0n) is 13.7. The fourth-order valence-corrected chi connectivity index (χ4v) is 2.81. The van der Waals surface area contributed by atoms with Crippen molar-refractivity contribution in [2.75, 3.05) is 26.2 Å². The average Bonchev–Trinajstić information content (AvgIpc) is 2.84. The van der Waals surface area contributed by atoms with E-state index in [1.54, 1.807) is 0 Å². The molecule has 1 amide bonds. The minimum Gasteiger partial charge on any atom is -0.360 e. The average molecular weight is 331 g/mol. The number of halogens is 1. The van der Waals surface area contributed by atoms with Crippen LogP contribution in [0.4, 0.5) is 0 Å². The van der Waals surface area contributed by atoms with Gasteiger partial charge in [-0.3, -0.25) is 9.69 Å². The lowest BCUT2D eigenvalue weighted by Gasteiger charge is -2.38. The predicted octanol–water partition coefficient (Wildman–Crippen LogP) is 1.57. The van der Waals surface area contributed by atoms with Crippen LogP contribution >= 0.6 is 12.4 Å². The molecule has 0 aliphatic carbocycles.